The first kappa shape index (κ1) is 13.6. The summed E-state index contributed by atoms with van der Waals surface area (Å²) in [6, 6.07) is 4.13. The highest BCUT2D eigenvalue weighted by Gasteiger charge is 2.21. The molecule has 5 heteroatoms. The lowest BCUT2D eigenvalue weighted by Crippen LogP contribution is -2.37. The number of hydrogen-bond donors (Lipinski definition) is 1. The summed E-state index contributed by atoms with van der Waals surface area (Å²) >= 11 is 11.6. The summed E-state index contributed by atoms with van der Waals surface area (Å²) < 4.78 is 13.0. The second-order valence-corrected chi connectivity index (χ2v) is 5.58. The Labute approximate surface area is 115 Å². The van der Waals surface area contributed by atoms with Crippen LogP contribution in [0.4, 0.5) is 4.39 Å². The van der Waals surface area contributed by atoms with Crippen molar-refractivity contribution >= 4 is 29.1 Å². The molecule has 0 atom stereocenters. The molecule has 1 amide bonds. The zero-order chi connectivity index (χ0) is 13.1. The lowest BCUT2D eigenvalue weighted by atomic mass is 9.95. The second-order valence-electron chi connectivity index (χ2n) is 4.55. The highest BCUT2D eigenvalue weighted by Crippen LogP contribution is 2.23. The third-order valence-electron chi connectivity index (χ3n) is 3.17. The van der Waals surface area contributed by atoms with Crippen molar-refractivity contribution in [2.75, 3.05) is 0 Å². The number of halogens is 3. The molecular weight excluding hydrogens is 276 g/mol. The first-order valence-electron chi connectivity index (χ1n) is 5.96. The lowest BCUT2D eigenvalue weighted by Gasteiger charge is -2.25. The molecule has 2 nitrogen and oxygen atoms in total. The smallest absolute Gasteiger partial charge is 0.251 e. The summed E-state index contributed by atoms with van der Waals surface area (Å²) in [7, 11) is 0. The van der Waals surface area contributed by atoms with Crippen LogP contribution < -0.4 is 5.32 Å². The van der Waals surface area contributed by atoms with E-state index in [1.807, 2.05) is 0 Å². The van der Waals surface area contributed by atoms with Gasteiger partial charge in [0.05, 0.1) is 5.02 Å². The van der Waals surface area contributed by atoms with Gasteiger partial charge in [-0.2, -0.15) is 0 Å². The van der Waals surface area contributed by atoms with Crippen molar-refractivity contribution in [1.82, 2.24) is 5.32 Å². The standard InChI is InChI=1S/C13H14Cl2FNO/c14-9-2-4-10(5-3-9)17-13(18)8-1-6-12(16)11(15)7-8/h1,6-7,9-10H,2-5H2,(H,17,18). The van der Waals surface area contributed by atoms with Crippen LogP contribution in [0.15, 0.2) is 18.2 Å². The van der Waals surface area contributed by atoms with Gasteiger partial charge in [0.25, 0.3) is 5.91 Å². The number of benzene rings is 1. The quantitative estimate of drug-likeness (QED) is 0.826. The van der Waals surface area contributed by atoms with Crippen molar-refractivity contribution < 1.29 is 9.18 Å². The molecular formula is C13H14Cl2FNO. The first-order chi connectivity index (χ1) is 8.56. The number of carbonyl (C=O) groups excluding carboxylic acids is 1. The minimum Gasteiger partial charge on any atom is -0.349 e. The van der Waals surface area contributed by atoms with E-state index >= 15 is 0 Å². The van der Waals surface area contributed by atoms with Crippen molar-refractivity contribution in [2.24, 2.45) is 0 Å². The van der Waals surface area contributed by atoms with Crippen LogP contribution in [-0.2, 0) is 0 Å². The van der Waals surface area contributed by atoms with Crippen molar-refractivity contribution in [3.63, 3.8) is 0 Å². The van der Waals surface area contributed by atoms with Crippen LogP contribution in [0.3, 0.4) is 0 Å². The normalized spacial score (nSPS) is 23.7. The summed E-state index contributed by atoms with van der Waals surface area (Å²) in [4.78, 5) is 11.9. The van der Waals surface area contributed by atoms with Crippen LogP contribution >= 0.6 is 23.2 Å². The van der Waals surface area contributed by atoms with Crippen LogP contribution in [0.5, 0.6) is 0 Å². The number of hydrogen-bond acceptors (Lipinski definition) is 1. The molecule has 0 unspecified atom stereocenters. The van der Waals surface area contributed by atoms with Gasteiger partial charge in [-0.1, -0.05) is 11.6 Å². The van der Waals surface area contributed by atoms with Gasteiger partial charge in [-0.3, -0.25) is 4.79 Å². The van der Waals surface area contributed by atoms with E-state index in [0.717, 1.165) is 25.7 Å². The van der Waals surface area contributed by atoms with Crippen molar-refractivity contribution in [2.45, 2.75) is 37.1 Å². The fourth-order valence-electron chi connectivity index (χ4n) is 2.10. The molecule has 0 aromatic heterocycles. The fraction of sp³-hybridized carbons (Fsp3) is 0.462. The maximum absolute atomic E-state index is 13.0. The molecule has 98 valence electrons. The predicted molar refractivity (Wildman–Crippen MR) is 70.8 cm³/mol. The van der Waals surface area contributed by atoms with Gasteiger partial charge in [0, 0.05) is 17.0 Å². The molecule has 18 heavy (non-hydrogen) atoms. The van der Waals surface area contributed by atoms with Crippen LogP contribution in [0.25, 0.3) is 0 Å². The molecule has 1 saturated carbocycles. The Morgan fingerprint density at radius 2 is 1.94 bits per heavy atom. The SMILES string of the molecule is O=C(NC1CCC(Cl)CC1)c1ccc(F)c(Cl)c1. The largest absolute Gasteiger partial charge is 0.349 e. The Balaban J connectivity index is 1.97. The number of amides is 1. The number of rotatable bonds is 2. The summed E-state index contributed by atoms with van der Waals surface area (Å²) in [6.45, 7) is 0. The van der Waals surface area contributed by atoms with Crippen LogP contribution in [0, 0.1) is 5.82 Å². The summed E-state index contributed by atoms with van der Waals surface area (Å²) in [6.07, 6.45) is 3.59. The van der Waals surface area contributed by atoms with Gasteiger partial charge >= 0.3 is 0 Å². The summed E-state index contributed by atoms with van der Waals surface area (Å²) in [5.41, 5.74) is 0.384. The average Bonchev–Trinajstić information content (AvgIpc) is 2.35. The van der Waals surface area contributed by atoms with E-state index in [0.29, 0.717) is 5.56 Å². The van der Waals surface area contributed by atoms with Crippen molar-refractivity contribution in [3.05, 3.63) is 34.6 Å². The van der Waals surface area contributed by atoms with Gasteiger partial charge < -0.3 is 5.32 Å². The van der Waals surface area contributed by atoms with Gasteiger partial charge in [-0.15, -0.1) is 11.6 Å². The summed E-state index contributed by atoms with van der Waals surface area (Å²) in [5, 5.41) is 3.11. The van der Waals surface area contributed by atoms with E-state index in [2.05, 4.69) is 5.32 Å². The highest BCUT2D eigenvalue weighted by molar-refractivity contribution is 6.31. The fourth-order valence-corrected chi connectivity index (χ4v) is 2.54. The van der Waals surface area contributed by atoms with Crippen molar-refractivity contribution in [3.8, 4) is 0 Å². The molecule has 1 aromatic carbocycles. The minimum atomic E-state index is -0.518. The molecule has 0 radical (unpaired) electrons. The second kappa shape index (κ2) is 5.89. The molecule has 2 rings (SSSR count). The Kier molecular flexibility index (Phi) is 4.46. The molecule has 0 saturated heterocycles. The monoisotopic (exact) mass is 289 g/mol. The Hall–Kier alpha value is -0.800. The van der Waals surface area contributed by atoms with Crippen molar-refractivity contribution in [1.29, 1.82) is 0 Å². The van der Waals surface area contributed by atoms with E-state index < -0.39 is 5.82 Å². The molecule has 0 heterocycles. The van der Waals surface area contributed by atoms with Crippen LogP contribution in [0.2, 0.25) is 5.02 Å². The third-order valence-corrected chi connectivity index (χ3v) is 3.90. The molecule has 0 aliphatic heterocycles. The Morgan fingerprint density at radius 3 is 2.56 bits per heavy atom. The highest BCUT2D eigenvalue weighted by atomic mass is 35.5. The van der Waals surface area contributed by atoms with Gasteiger partial charge in [-0.05, 0) is 43.9 Å². The molecule has 1 aliphatic rings. The minimum absolute atomic E-state index is 0.0351. The third kappa shape index (κ3) is 3.36. The molecule has 1 aromatic rings. The van der Waals surface area contributed by atoms with E-state index in [1.54, 1.807) is 0 Å². The molecule has 1 fully saturated rings. The van der Waals surface area contributed by atoms with Crippen LogP contribution in [-0.4, -0.2) is 17.3 Å². The van der Waals surface area contributed by atoms with E-state index in [-0.39, 0.29) is 22.3 Å². The molecule has 1 N–H and O–H groups in total. The number of carbonyl (C=O) groups is 1. The van der Waals surface area contributed by atoms with Crippen LogP contribution in [0.1, 0.15) is 36.0 Å². The molecule has 0 bridgehead atoms. The Morgan fingerprint density at radius 1 is 1.28 bits per heavy atom. The summed E-state index contributed by atoms with van der Waals surface area (Å²) in [5.74, 6) is -0.731. The average molecular weight is 290 g/mol. The van der Waals surface area contributed by atoms with Gasteiger partial charge in [0.15, 0.2) is 0 Å². The van der Waals surface area contributed by atoms with E-state index in [1.165, 1.54) is 18.2 Å². The van der Waals surface area contributed by atoms with Gasteiger partial charge in [0.1, 0.15) is 5.82 Å². The Bertz CT molecular complexity index is 445. The maximum atomic E-state index is 13.0. The topological polar surface area (TPSA) is 29.1 Å². The predicted octanol–water partition coefficient (Wildman–Crippen LogP) is 3.76. The zero-order valence-corrected chi connectivity index (χ0v) is 11.3. The first-order valence-corrected chi connectivity index (χ1v) is 6.77. The lowest BCUT2D eigenvalue weighted by molar-refractivity contribution is 0.0928. The van der Waals surface area contributed by atoms with Gasteiger partial charge in [-0.25, -0.2) is 4.39 Å². The van der Waals surface area contributed by atoms with E-state index in [9.17, 15) is 9.18 Å². The number of nitrogens with one attached hydrogen (secondary N) is 1. The maximum Gasteiger partial charge on any atom is 0.251 e. The van der Waals surface area contributed by atoms with Gasteiger partial charge in [0.2, 0.25) is 0 Å². The molecule has 0 spiro atoms. The number of alkyl halides is 1. The zero-order valence-electron chi connectivity index (χ0n) is 9.76. The van der Waals surface area contributed by atoms with E-state index in [4.69, 9.17) is 23.2 Å². The molecule has 1 aliphatic carbocycles.